The number of amides is 1. The van der Waals surface area contributed by atoms with Gasteiger partial charge in [0.05, 0.1) is 23.6 Å². The number of rotatable bonds is 4. The Bertz CT molecular complexity index is 954. The molecule has 0 spiro atoms. The topological polar surface area (TPSA) is 75.7 Å². The maximum absolute atomic E-state index is 13.0. The molecule has 0 saturated carbocycles. The van der Waals surface area contributed by atoms with Crippen molar-refractivity contribution in [3.63, 3.8) is 0 Å². The first-order valence-electron chi connectivity index (χ1n) is 8.79. The molecule has 0 radical (unpaired) electrons. The first-order valence-corrected chi connectivity index (χ1v) is 10.3. The van der Waals surface area contributed by atoms with Gasteiger partial charge in [0.2, 0.25) is 0 Å². The van der Waals surface area contributed by atoms with Gasteiger partial charge in [-0.1, -0.05) is 24.3 Å². The number of nitrogens with zero attached hydrogens (tertiary/aromatic N) is 1. The molecule has 6 nitrogen and oxygen atoms in total. The number of hydrogen-bond acceptors (Lipinski definition) is 4. The van der Waals surface area contributed by atoms with Crippen LogP contribution in [0, 0.1) is 6.92 Å². The first-order chi connectivity index (χ1) is 12.7. The monoisotopic (exact) mass is 388 g/mol. The van der Waals surface area contributed by atoms with E-state index >= 15 is 0 Å². The third-order valence-corrected chi connectivity index (χ3v) is 6.18. The summed E-state index contributed by atoms with van der Waals surface area (Å²) in [6.07, 6.45) is 0. The summed E-state index contributed by atoms with van der Waals surface area (Å²) in [5.41, 5.74) is 1.05. The molecule has 7 heteroatoms. The van der Waals surface area contributed by atoms with Crippen molar-refractivity contribution in [2.45, 2.75) is 31.2 Å². The molecule has 1 N–H and O–H groups in total. The van der Waals surface area contributed by atoms with Crippen molar-refractivity contribution in [2.24, 2.45) is 0 Å². The van der Waals surface area contributed by atoms with Crippen LogP contribution in [-0.4, -0.2) is 44.5 Å². The third-order valence-electron chi connectivity index (χ3n) is 4.64. The zero-order chi connectivity index (χ0) is 19.7. The Morgan fingerprint density at radius 1 is 1.15 bits per heavy atom. The van der Waals surface area contributed by atoms with Gasteiger partial charge in [0.15, 0.2) is 0 Å². The summed E-state index contributed by atoms with van der Waals surface area (Å²) in [5, 5.41) is 0. The van der Waals surface area contributed by atoms with E-state index in [9.17, 15) is 13.2 Å². The minimum Gasteiger partial charge on any atom is -0.377 e. The number of aryl methyl sites for hydroxylation is 1. The van der Waals surface area contributed by atoms with E-state index in [4.69, 9.17) is 4.74 Å². The van der Waals surface area contributed by atoms with Crippen molar-refractivity contribution >= 4 is 21.6 Å². The Balaban J connectivity index is 1.86. The number of ether oxygens (including phenoxy) is 1. The van der Waals surface area contributed by atoms with Crippen molar-refractivity contribution in [1.82, 2.24) is 4.90 Å². The van der Waals surface area contributed by atoms with Crippen LogP contribution in [0.1, 0.15) is 29.8 Å². The SMILES string of the molecule is Cc1ccccc1S(=O)(=O)Nc1cccc(C(=O)N2CCOCC2(C)C)c1. The van der Waals surface area contributed by atoms with Gasteiger partial charge < -0.3 is 9.64 Å². The fraction of sp³-hybridized carbons (Fsp3) is 0.350. The van der Waals surface area contributed by atoms with Crippen LogP contribution >= 0.6 is 0 Å². The molecule has 0 aliphatic carbocycles. The predicted octanol–water partition coefficient (Wildman–Crippen LogP) is 3.05. The lowest BCUT2D eigenvalue weighted by Gasteiger charge is -2.42. The lowest BCUT2D eigenvalue weighted by molar-refractivity contribution is -0.0370. The highest BCUT2D eigenvalue weighted by atomic mass is 32.2. The minimum absolute atomic E-state index is 0.139. The fourth-order valence-corrected chi connectivity index (χ4v) is 4.47. The highest BCUT2D eigenvalue weighted by Gasteiger charge is 2.34. The van der Waals surface area contributed by atoms with E-state index in [1.54, 1.807) is 60.4 Å². The molecular weight excluding hydrogens is 364 g/mol. The molecule has 3 rings (SSSR count). The average Bonchev–Trinajstić information content (AvgIpc) is 2.61. The van der Waals surface area contributed by atoms with Crippen molar-refractivity contribution in [2.75, 3.05) is 24.5 Å². The van der Waals surface area contributed by atoms with Gasteiger partial charge in [-0.3, -0.25) is 9.52 Å². The number of carbonyl (C=O) groups is 1. The number of nitrogens with one attached hydrogen (secondary N) is 1. The fourth-order valence-electron chi connectivity index (χ4n) is 3.17. The molecular formula is C20H24N2O4S. The zero-order valence-corrected chi connectivity index (χ0v) is 16.5. The smallest absolute Gasteiger partial charge is 0.262 e. The van der Waals surface area contributed by atoms with E-state index in [1.807, 2.05) is 13.8 Å². The van der Waals surface area contributed by atoms with E-state index < -0.39 is 15.6 Å². The Kier molecular flexibility index (Phi) is 5.26. The van der Waals surface area contributed by atoms with Crippen LogP contribution in [-0.2, 0) is 14.8 Å². The van der Waals surface area contributed by atoms with Gasteiger partial charge in [0.25, 0.3) is 15.9 Å². The van der Waals surface area contributed by atoms with Crippen LogP contribution in [0.5, 0.6) is 0 Å². The maximum atomic E-state index is 13.0. The molecule has 0 aromatic heterocycles. The summed E-state index contributed by atoms with van der Waals surface area (Å²) < 4.78 is 33.4. The molecule has 1 fully saturated rings. The predicted molar refractivity (Wildman–Crippen MR) is 104 cm³/mol. The largest absolute Gasteiger partial charge is 0.377 e. The molecule has 0 bridgehead atoms. The Morgan fingerprint density at radius 2 is 1.89 bits per heavy atom. The Labute approximate surface area is 160 Å². The maximum Gasteiger partial charge on any atom is 0.262 e. The molecule has 27 heavy (non-hydrogen) atoms. The Hall–Kier alpha value is -2.38. The van der Waals surface area contributed by atoms with Gasteiger partial charge in [-0.05, 0) is 50.6 Å². The third kappa shape index (κ3) is 4.14. The zero-order valence-electron chi connectivity index (χ0n) is 15.7. The minimum atomic E-state index is -3.73. The average molecular weight is 388 g/mol. The van der Waals surface area contributed by atoms with Gasteiger partial charge in [0, 0.05) is 17.8 Å². The van der Waals surface area contributed by atoms with Gasteiger partial charge in [-0.2, -0.15) is 0 Å². The Morgan fingerprint density at radius 3 is 2.59 bits per heavy atom. The quantitative estimate of drug-likeness (QED) is 0.873. The summed E-state index contributed by atoms with van der Waals surface area (Å²) in [6, 6.07) is 13.4. The second-order valence-corrected chi connectivity index (χ2v) is 8.92. The molecule has 144 valence electrons. The van der Waals surface area contributed by atoms with Gasteiger partial charge >= 0.3 is 0 Å². The summed E-state index contributed by atoms with van der Waals surface area (Å²) in [7, 11) is -3.73. The van der Waals surface area contributed by atoms with Crippen LogP contribution in [0.25, 0.3) is 0 Å². The van der Waals surface area contributed by atoms with Crippen molar-refractivity contribution < 1.29 is 17.9 Å². The number of hydrogen-bond donors (Lipinski definition) is 1. The number of morpholine rings is 1. The summed E-state index contributed by atoms with van der Waals surface area (Å²) in [6.45, 7) is 7.12. The molecule has 1 heterocycles. The van der Waals surface area contributed by atoms with Crippen LogP contribution in [0.2, 0.25) is 0 Å². The lowest BCUT2D eigenvalue weighted by Crippen LogP contribution is -2.55. The van der Waals surface area contributed by atoms with Crippen LogP contribution in [0.3, 0.4) is 0 Å². The second-order valence-electron chi connectivity index (χ2n) is 7.27. The van der Waals surface area contributed by atoms with Gasteiger partial charge in [-0.15, -0.1) is 0 Å². The number of carbonyl (C=O) groups excluding carboxylic acids is 1. The van der Waals surface area contributed by atoms with Gasteiger partial charge in [0.1, 0.15) is 0 Å². The first kappa shape index (κ1) is 19.4. The summed E-state index contributed by atoms with van der Waals surface area (Å²) in [4.78, 5) is 14.9. The van der Waals surface area contributed by atoms with Crippen molar-refractivity contribution in [3.05, 3.63) is 59.7 Å². The van der Waals surface area contributed by atoms with Crippen LogP contribution in [0.15, 0.2) is 53.4 Å². The molecule has 1 saturated heterocycles. The molecule has 1 aliphatic rings. The van der Waals surface area contributed by atoms with Crippen LogP contribution < -0.4 is 4.72 Å². The standard InChI is InChI=1S/C20H24N2O4S/c1-15-7-4-5-10-18(15)27(24,25)21-17-9-6-8-16(13-17)19(23)22-11-12-26-14-20(22,2)3/h4-10,13,21H,11-12,14H2,1-3H3. The number of benzene rings is 2. The normalized spacial score (nSPS) is 16.8. The number of anilines is 1. The van der Waals surface area contributed by atoms with Crippen molar-refractivity contribution in [1.29, 1.82) is 0 Å². The van der Waals surface area contributed by atoms with E-state index in [-0.39, 0.29) is 10.8 Å². The highest BCUT2D eigenvalue weighted by molar-refractivity contribution is 7.92. The van der Waals surface area contributed by atoms with E-state index in [0.717, 1.165) is 0 Å². The number of sulfonamides is 1. The van der Waals surface area contributed by atoms with E-state index in [0.29, 0.717) is 36.6 Å². The van der Waals surface area contributed by atoms with E-state index in [1.165, 1.54) is 0 Å². The van der Waals surface area contributed by atoms with Gasteiger partial charge in [-0.25, -0.2) is 8.42 Å². The van der Waals surface area contributed by atoms with Crippen LogP contribution in [0.4, 0.5) is 5.69 Å². The molecule has 2 aromatic rings. The summed E-state index contributed by atoms with van der Waals surface area (Å²) in [5.74, 6) is -0.139. The molecule has 0 unspecified atom stereocenters. The molecule has 2 aromatic carbocycles. The van der Waals surface area contributed by atoms with E-state index in [2.05, 4.69) is 4.72 Å². The van der Waals surface area contributed by atoms with Crippen molar-refractivity contribution in [3.8, 4) is 0 Å². The summed E-state index contributed by atoms with van der Waals surface area (Å²) >= 11 is 0. The molecule has 1 aliphatic heterocycles. The second kappa shape index (κ2) is 7.32. The highest BCUT2D eigenvalue weighted by Crippen LogP contribution is 2.24. The lowest BCUT2D eigenvalue weighted by atomic mass is 10.0. The molecule has 0 atom stereocenters. The molecule has 1 amide bonds.